The highest BCUT2D eigenvalue weighted by molar-refractivity contribution is 7.80. The van der Waals surface area contributed by atoms with Gasteiger partial charge in [0.25, 0.3) is 0 Å². The molecule has 4 rings (SSSR count). The number of aromatic nitrogens is 2. The fourth-order valence-corrected chi connectivity index (χ4v) is 4.41. The van der Waals surface area contributed by atoms with Gasteiger partial charge in [-0.1, -0.05) is 13.0 Å². The molecule has 1 aromatic carbocycles. The number of benzene rings is 1. The van der Waals surface area contributed by atoms with Crippen LogP contribution in [-0.4, -0.2) is 33.2 Å². The molecule has 1 aliphatic heterocycles. The van der Waals surface area contributed by atoms with E-state index in [0.717, 1.165) is 35.2 Å². The predicted octanol–water partition coefficient (Wildman–Crippen LogP) is 4.57. The van der Waals surface area contributed by atoms with Crippen molar-refractivity contribution in [3.05, 3.63) is 77.9 Å². The highest BCUT2D eigenvalue weighted by Crippen LogP contribution is 2.40. The van der Waals surface area contributed by atoms with Crippen molar-refractivity contribution >= 4 is 17.3 Å². The molecule has 1 aliphatic rings. The smallest absolute Gasteiger partial charge is 0.170 e. The van der Waals surface area contributed by atoms with Gasteiger partial charge in [-0.2, -0.15) is 0 Å². The molecule has 3 heterocycles. The molecule has 0 radical (unpaired) electrons. The topological polar surface area (TPSA) is 42.3 Å². The monoisotopic (exact) mass is 406 g/mol. The minimum absolute atomic E-state index is 0.00143. The van der Waals surface area contributed by atoms with Crippen LogP contribution in [0.4, 0.5) is 0 Å². The van der Waals surface area contributed by atoms with E-state index >= 15 is 0 Å². The number of hydrogen-bond donors (Lipinski definition) is 1. The van der Waals surface area contributed by atoms with Crippen LogP contribution in [0.1, 0.15) is 42.5 Å². The molecule has 150 valence electrons. The van der Waals surface area contributed by atoms with Gasteiger partial charge < -0.3 is 19.5 Å². The second-order valence-electron chi connectivity index (χ2n) is 7.25. The highest BCUT2D eigenvalue weighted by atomic mass is 32.1. The summed E-state index contributed by atoms with van der Waals surface area (Å²) in [5.41, 5.74) is 4.49. The molecule has 2 aromatic heterocycles. The first-order valence-electron chi connectivity index (χ1n) is 9.94. The van der Waals surface area contributed by atoms with Gasteiger partial charge in [-0.25, -0.2) is 0 Å². The van der Waals surface area contributed by atoms with Crippen LogP contribution in [0.3, 0.4) is 0 Å². The zero-order valence-electron chi connectivity index (χ0n) is 17.0. The molecule has 29 heavy (non-hydrogen) atoms. The van der Waals surface area contributed by atoms with E-state index in [-0.39, 0.29) is 12.1 Å². The van der Waals surface area contributed by atoms with E-state index < -0.39 is 0 Å². The van der Waals surface area contributed by atoms with Crippen molar-refractivity contribution in [2.45, 2.75) is 32.4 Å². The molecule has 1 saturated heterocycles. The zero-order valence-corrected chi connectivity index (χ0v) is 17.8. The lowest BCUT2D eigenvalue weighted by Crippen LogP contribution is -2.31. The van der Waals surface area contributed by atoms with Gasteiger partial charge >= 0.3 is 0 Å². The summed E-state index contributed by atoms with van der Waals surface area (Å²) in [5, 5.41) is 4.31. The molecule has 2 unspecified atom stereocenters. The maximum absolute atomic E-state index is 5.72. The van der Waals surface area contributed by atoms with E-state index in [1.54, 1.807) is 7.11 Å². The minimum atomic E-state index is 0.00143. The van der Waals surface area contributed by atoms with Crippen LogP contribution in [-0.2, 0) is 0 Å². The first-order valence-corrected chi connectivity index (χ1v) is 10.4. The average molecular weight is 407 g/mol. The molecule has 6 heteroatoms. The number of pyridine rings is 1. The number of methoxy groups -OCH3 is 1. The fourth-order valence-electron chi connectivity index (χ4n) is 4.08. The summed E-state index contributed by atoms with van der Waals surface area (Å²) in [6, 6.07) is 18.7. The van der Waals surface area contributed by atoms with Crippen molar-refractivity contribution in [1.29, 1.82) is 0 Å². The number of nitrogens with one attached hydrogen (secondary N) is 1. The van der Waals surface area contributed by atoms with E-state index in [2.05, 4.69) is 63.9 Å². The Labute approximate surface area is 177 Å². The summed E-state index contributed by atoms with van der Waals surface area (Å²) in [4.78, 5) is 6.92. The van der Waals surface area contributed by atoms with Crippen molar-refractivity contribution in [1.82, 2.24) is 19.8 Å². The van der Waals surface area contributed by atoms with E-state index in [4.69, 9.17) is 17.0 Å². The number of aryl methyl sites for hydroxylation is 1. The summed E-state index contributed by atoms with van der Waals surface area (Å²) in [7, 11) is 1.69. The quantitative estimate of drug-likeness (QED) is 0.607. The van der Waals surface area contributed by atoms with Crippen molar-refractivity contribution < 1.29 is 4.74 Å². The van der Waals surface area contributed by atoms with Crippen LogP contribution in [0.5, 0.6) is 5.75 Å². The molecule has 0 bridgehead atoms. The Kier molecular flexibility index (Phi) is 5.53. The lowest BCUT2D eigenvalue weighted by molar-refractivity contribution is 0.308. The Morgan fingerprint density at radius 2 is 1.90 bits per heavy atom. The third kappa shape index (κ3) is 3.60. The molecule has 5 nitrogen and oxygen atoms in total. The van der Waals surface area contributed by atoms with Gasteiger partial charge in [0.05, 0.1) is 24.9 Å². The van der Waals surface area contributed by atoms with Crippen LogP contribution >= 0.6 is 12.2 Å². The standard InChI is InChI=1S/C23H26N4OS/c1-4-15-26-22(21(25-23(26)29)19-7-5-6-14-24-19)20-13-8-16(2)27(20)17-9-11-18(28-3)12-10-17/h5-14,21-22H,4,15H2,1-3H3,(H,25,29). The minimum Gasteiger partial charge on any atom is -0.497 e. The molecule has 0 spiro atoms. The summed E-state index contributed by atoms with van der Waals surface area (Å²) in [5.74, 6) is 0.850. The number of rotatable bonds is 6. The van der Waals surface area contributed by atoms with Gasteiger partial charge in [-0.3, -0.25) is 4.98 Å². The summed E-state index contributed by atoms with van der Waals surface area (Å²) >= 11 is 5.72. The molecule has 0 saturated carbocycles. The average Bonchev–Trinajstić information content (AvgIpc) is 3.29. The van der Waals surface area contributed by atoms with Crippen LogP contribution in [0.2, 0.25) is 0 Å². The number of ether oxygens (including phenoxy) is 1. The maximum Gasteiger partial charge on any atom is 0.170 e. The normalized spacial score (nSPS) is 18.7. The Morgan fingerprint density at radius 1 is 1.10 bits per heavy atom. The van der Waals surface area contributed by atoms with Gasteiger partial charge in [0.2, 0.25) is 0 Å². The Morgan fingerprint density at radius 3 is 2.55 bits per heavy atom. The third-order valence-corrected chi connectivity index (χ3v) is 5.75. The van der Waals surface area contributed by atoms with Crippen LogP contribution < -0.4 is 10.1 Å². The summed E-state index contributed by atoms with van der Waals surface area (Å²) < 4.78 is 7.64. The first kappa shape index (κ1) is 19.5. The van der Waals surface area contributed by atoms with Crippen molar-refractivity contribution in [3.63, 3.8) is 0 Å². The van der Waals surface area contributed by atoms with Crippen molar-refractivity contribution in [3.8, 4) is 11.4 Å². The fraction of sp³-hybridized carbons (Fsp3) is 0.304. The van der Waals surface area contributed by atoms with Crippen molar-refractivity contribution in [2.75, 3.05) is 13.7 Å². The molecular formula is C23H26N4OS. The largest absolute Gasteiger partial charge is 0.497 e. The number of nitrogens with zero attached hydrogens (tertiary/aromatic N) is 3. The lowest BCUT2D eigenvalue weighted by Gasteiger charge is -2.29. The van der Waals surface area contributed by atoms with E-state index in [9.17, 15) is 0 Å². The molecular weight excluding hydrogens is 380 g/mol. The highest BCUT2D eigenvalue weighted by Gasteiger charge is 2.41. The van der Waals surface area contributed by atoms with E-state index in [1.165, 1.54) is 11.4 Å². The second kappa shape index (κ2) is 8.25. The van der Waals surface area contributed by atoms with Crippen LogP contribution in [0, 0.1) is 6.92 Å². The van der Waals surface area contributed by atoms with Crippen LogP contribution in [0.15, 0.2) is 60.8 Å². The van der Waals surface area contributed by atoms with Gasteiger partial charge in [-0.05, 0) is 74.1 Å². The molecule has 0 amide bonds. The third-order valence-electron chi connectivity index (χ3n) is 5.40. The lowest BCUT2D eigenvalue weighted by atomic mass is 10.0. The van der Waals surface area contributed by atoms with E-state index in [0.29, 0.717) is 0 Å². The molecule has 3 aromatic rings. The summed E-state index contributed by atoms with van der Waals surface area (Å²) in [6.45, 7) is 5.21. The molecule has 2 atom stereocenters. The molecule has 1 fully saturated rings. The predicted molar refractivity (Wildman–Crippen MR) is 120 cm³/mol. The van der Waals surface area contributed by atoms with Crippen molar-refractivity contribution in [2.24, 2.45) is 0 Å². The zero-order chi connectivity index (χ0) is 20.4. The Balaban J connectivity index is 1.82. The summed E-state index contributed by atoms with van der Waals surface area (Å²) in [6.07, 6.45) is 2.86. The van der Waals surface area contributed by atoms with Gasteiger partial charge in [0.1, 0.15) is 5.75 Å². The maximum atomic E-state index is 5.72. The van der Waals surface area contributed by atoms with Gasteiger partial charge in [0.15, 0.2) is 5.11 Å². The number of hydrogen-bond acceptors (Lipinski definition) is 3. The molecule has 1 N–H and O–H groups in total. The van der Waals surface area contributed by atoms with Gasteiger partial charge in [-0.15, -0.1) is 0 Å². The molecule has 0 aliphatic carbocycles. The number of thiocarbonyl (C=S) groups is 1. The van der Waals surface area contributed by atoms with Gasteiger partial charge in [0, 0.05) is 29.8 Å². The second-order valence-corrected chi connectivity index (χ2v) is 7.64. The Hall–Kier alpha value is -2.86. The first-order chi connectivity index (χ1) is 14.1. The Bertz CT molecular complexity index is 984. The van der Waals surface area contributed by atoms with Crippen LogP contribution in [0.25, 0.3) is 5.69 Å². The SMILES string of the molecule is CCCN1C(=S)NC(c2ccccn2)C1c1ccc(C)n1-c1ccc(OC)cc1. The van der Waals surface area contributed by atoms with E-state index in [1.807, 2.05) is 30.5 Å².